The Morgan fingerprint density at radius 2 is 1.84 bits per heavy atom. The van der Waals surface area contributed by atoms with E-state index in [9.17, 15) is 9.65 Å². The van der Waals surface area contributed by atoms with Gasteiger partial charge in [-0.05, 0) is 24.3 Å². The summed E-state index contributed by atoms with van der Waals surface area (Å²) in [6.07, 6.45) is 1.49. The molecule has 0 saturated carbocycles. The molecule has 0 unspecified atom stereocenters. The van der Waals surface area contributed by atoms with E-state index < -0.39 is 0 Å². The van der Waals surface area contributed by atoms with Crippen molar-refractivity contribution in [2.24, 2.45) is 0 Å². The molecule has 1 aliphatic rings. The number of aliphatic hydroxyl groups is 1. The summed E-state index contributed by atoms with van der Waals surface area (Å²) in [7, 11) is 0. The van der Waals surface area contributed by atoms with Crippen LogP contribution in [0.3, 0.4) is 0 Å². The lowest BCUT2D eigenvalue weighted by Crippen LogP contribution is -2.47. The lowest BCUT2D eigenvalue weighted by atomic mass is 10.2. The molecule has 2 aromatic rings. The molecule has 1 saturated heterocycles. The molecule has 0 radical (unpaired) electrons. The number of anilines is 3. The van der Waals surface area contributed by atoms with Gasteiger partial charge in [0.15, 0.2) is 11.5 Å². The molecule has 1 aromatic heterocycles. The number of benzene rings is 1. The van der Waals surface area contributed by atoms with E-state index in [1.54, 1.807) is 12.1 Å². The quantitative estimate of drug-likeness (QED) is 0.844. The summed E-state index contributed by atoms with van der Waals surface area (Å²) >= 11 is 0. The molecule has 0 bridgehead atoms. The first-order valence-corrected chi connectivity index (χ1v) is 8.08. The SMILES string of the molecule is N#Cc1ncc(NCCO)nc1N1CCN(c2ccc(F)cc2)CC1. The zero-order valence-corrected chi connectivity index (χ0v) is 13.7. The maximum Gasteiger partial charge on any atom is 0.183 e. The van der Waals surface area contributed by atoms with Crippen LogP contribution in [0.1, 0.15) is 5.69 Å². The maximum absolute atomic E-state index is 13.1. The molecule has 1 aromatic carbocycles. The molecule has 2 N–H and O–H groups in total. The van der Waals surface area contributed by atoms with E-state index in [0.717, 1.165) is 18.8 Å². The molecule has 0 atom stereocenters. The first-order valence-electron chi connectivity index (χ1n) is 8.08. The minimum Gasteiger partial charge on any atom is -0.395 e. The predicted molar refractivity (Wildman–Crippen MR) is 93.1 cm³/mol. The summed E-state index contributed by atoms with van der Waals surface area (Å²) in [4.78, 5) is 12.8. The van der Waals surface area contributed by atoms with Crippen LogP contribution >= 0.6 is 0 Å². The Morgan fingerprint density at radius 1 is 1.16 bits per heavy atom. The van der Waals surface area contributed by atoms with Gasteiger partial charge in [-0.1, -0.05) is 0 Å². The molecule has 7 nitrogen and oxygen atoms in total. The molecule has 1 fully saturated rings. The van der Waals surface area contributed by atoms with E-state index in [1.165, 1.54) is 18.3 Å². The predicted octanol–water partition coefficient (Wildman–Crippen LogP) is 1.22. The summed E-state index contributed by atoms with van der Waals surface area (Å²) < 4.78 is 13.1. The van der Waals surface area contributed by atoms with Crippen molar-refractivity contribution in [3.8, 4) is 6.07 Å². The summed E-state index contributed by atoms with van der Waals surface area (Å²) in [6.45, 7) is 3.22. The third-order valence-electron chi connectivity index (χ3n) is 4.05. The van der Waals surface area contributed by atoms with Crippen molar-refractivity contribution >= 4 is 17.3 Å². The number of aliphatic hydroxyl groups excluding tert-OH is 1. The third kappa shape index (κ3) is 3.95. The normalized spacial score (nSPS) is 14.3. The van der Waals surface area contributed by atoms with E-state index >= 15 is 0 Å². The number of nitriles is 1. The van der Waals surface area contributed by atoms with Crippen molar-refractivity contribution in [3.05, 3.63) is 42.0 Å². The first kappa shape index (κ1) is 16.9. The second-order valence-electron chi connectivity index (χ2n) is 5.64. The maximum atomic E-state index is 13.1. The number of halogens is 1. The Labute approximate surface area is 145 Å². The van der Waals surface area contributed by atoms with Crippen molar-refractivity contribution in [2.75, 3.05) is 54.4 Å². The molecule has 2 heterocycles. The van der Waals surface area contributed by atoms with Gasteiger partial charge in [-0.2, -0.15) is 5.26 Å². The van der Waals surface area contributed by atoms with Crippen LogP contribution in [0.25, 0.3) is 0 Å². The number of hydrogen-bond acceptors (Lipinski definition) is 7. The smallest absolute Gasteiger partial charge is 0.183 e. The van der Waals surface area contributed by atoms with Crippen LogP contribution in [0.15, 0.2) is 30.5 Å². The molecule has 1 aliphatic heterocycles. The largest absolute Gasteiger partial charge is 0.395 e. The summed E-state index contributed by atoms with van der Waals surface area (Å²) in [6, 6.07) is 8.53. The van der Waals surface area contributed by atoms with E-state index in [-0.39, 0.29) is 18.1 Å². The fraction of sp³-hybridized carbons (Fsp3) is 0.353. The van der Waals surface area contributed by atoms with E-state index in [1.807, 2.05) is 4.90 Å². The average molecular weight is 342 g/mol. The van der Waals surface area contributed by atoms with E-state index in [2.05, 4.69) is 26.3 Å². The van der Waals surface area contributed by atoms with Gasteiger partial charge >= 0.3 is 0 Å². The van der Waals surface area contributed by atoms with Gasteiger partial charge in [0.2, 0.25) is 0 Å². The molecule has 0 amide bonds. The Bertz CT molecular complexity index is 753. The van der Waals surface area contributed by atoms with Crippen LogP contribution in [0.5, 0.6) is 0 Å². The minimum atomic E-state index is -0.247. The topological polar surface area (TPSA) is 88.3 Å². The van der Waals surface area contributed by atoms with Gasteiger partial charge in [-0.15, -0.1) is 0 Å². The van der Waals surface area contributed by atoms with Gasteiger partial charge in [-0.3, -0.25) is 0 Å². The molecule has 0 aliphatic carbocycles. The second-order valence-corrected chi connectivity index (χ2v) is 5.64. The lowest BCUT2D eigenvalue weighted by Gasteiger charge is -2.36. The van der Waals surface area contributed by atoms with Crippen LogP contribution in [-0.2, 0) is 0 Å². The van der Waals surface area contributed by atoms with E-state index in [4.69, 9.17) is 5.11 Å². The zero-order chi connectivity index (χ0) is 17.6. The second kappa shape index (κ2) is 7.77. The van der Waals surface area contributed by atoms with Crippen LogP contribution in [0.4, 0.5) is 21.7 Å². The summed E-state index contributed by atoms with van der Waals surface area (Å²) in [5, 5.41) is 21.1. The number of hydrogen-bond donors (Lipinski definition) is 2. The van der Waals surface area contributed by atoms with Crippen molar-refractivity contribution < 1.29 is 9.50 Å². The first-order chi connectivity index (χ1) is 12.2. The number of nitrogens with zero attached hydrogens (tertiary/aromatic N) is 5. The van der Waals surface area contributed by atoms with Crippen LogP contribution in [0, 0.1) is 17.1 Å². The van der Waals surface area contributed by atoms with Crippen molar-refractivity contribution in [1.29, 1.82) is 5.26 Å². The molecular weight excluding hydrogens is 323 g/mol. The highest BCUT2D eigenvalue weighted by molar-refractivity contribution is 5.56. The Kier molecular flexibility index (Phi) is 5.26. The van der Waals surface area contributed by atoms with Crippen LogP contribution in [0.2, 0.25) is 0 Å². The fourth-order valence-corrected chi connectivity index (χ4v) is 2.78. The number of aromatic nitrogens is 2. The molecular formula is C17H19FN6O. The monoisotopic (exact) mass is 342 g/mol. The van der Waals surface area contributed by atoms with Crippen molar-refractivity contribution in [2.45, 2.75) is 0 Å². The Hall–Kier alpha value is -2.92. The van der Waals surface area contributed by atoms with Crippen LogP contribution in [-0.4, -0.2) is 54.4 Å². The van der Waals surface area contributed by atoms with Gasteiger partial charge in [0.05, 0.1) is 12.8 Å². The van der Waals surface area contributed by atoms with Gasteiger partial charge in [0.1, 0.15) is 17.7 Å². The lowest BCUT2D eigenvalue weighted by molar-refractivity contribution is 0.311. The minimum absolute atomic E-state index is 0.00659. The summed E-state index contributed by atoms with van der Waals surface area (Å²) in [5.41, 5.74) is 1.26. The van der Waals surface area contributed by atoms with Gasteiger partial charge in [0.25, 0.3) is 0 Å². The third-order valence-corrected chi connectivity index (χ3v) is 4.05. The molecule has 8 heteroatoms. The van der Waals surface area contributed by atoms with Gasteiger partial charge < -0.3 is 20.2 Å². The van der Waals surface area contributed by atoms with Crippen molar-refractivity contribution in [3.63, 3.8) is 0 Å². The zero-order valence-electron chi connectivity index (χ0n) is 13.7. The standard InChI is InChI=1S/C17H19FN6O/c18-13-1-3-14(4-2-13)23-6-8-24(9-7-23)17-15(11-19)21-12-16(22-17)20-5-10-25/h1-4,12,25H,5-10H2,(H,20,22). The molecule has 130 valence electrons. The summed E-state index contributed by atoms with van der Waals surface area (Å²) in [5.74, 6) is 0.830. The van der Waals surface area contributed by atoms with Crippen LogP contribution < -0.4 is 15.1 Å². The number of nitrogens with one attached hydrogen (secondary N) is 1. The Balaban J connectivity index is 1.71. The molecule has 3 rings (SSSR count). The van der Waals surface area contributed by atoms with Crippen molar-refractivity contribution in [1.82, 2.24) is 9.97 Å². The number of rotatable bonds is 5. The Morgan fingerprint density at radius 3 is 2.48 bits per heavy atom. The van der Waals surface area contributed by atoms with E-state index in [0.29, 0.717) is 31.3 Å². The molecule has 25 heavy (non-hydrogen) atoms. The average Bonchev–Trinajstić information content (AvgIpc) is 2.67. The fourth-order valence-electron chi connectivity index (χ4n) is 2.78. The molecule has 0 spiro atoms. The highest BCUT2D eigenvalue weighted by Crippen LogP contribution is 2.22. The number of piperazine rings is 1. The highest BCUT2D eigenvalue weighted by Gasteiger charge is 2.21. The highest BCUT2D eigenvalue weighted by atomic mass is 19.1. The van der Waals surface area contributed by atoms with Gasteiger partial charge in [0, 0.05) is 38.4 Å². The van der Waals surface area contributed by atoms with Gasteiger partial charge in [-0.25, -0.2) is 14.4 Å².